The smallest absolute Gasteiger partial charge is 0.267 e. The average molecular weight is 249 g/mol. The number of hydrogen-bond acceptors (Lipinski definition) is 3. The van der Waals surface area contributed by atoms with E-state index in [0.29, 0.717) is 11.8 Å². The number of hydrogen-bond donors (Lipinski definition) is 1. The fourth-order valence-electron chi connectivity index (χ4n) is 2.66. The Labute approximate surface area is 108 Å². The predicted octanol–water partition coefficient (Wildman–Crippen LogP) is 1.57. The van der Waals surface area contributed by atoms with Crippen molar-refractivity contribution in [1.82, 2.24) is 15.1 Å². The van der Waals surface area contributed by atoms with Crippen LogP contribution < -0.4 is 10.9 Å². The number of nitrogens with one attached hydrogen (secondary N) is 1. The molecule has 1 aromatic heterocycles. The van der Waals surface area contributed by atoms with Crippen molar-refractivity contribution in [2.45, 2.75) is 46.7 Å². The minimum Gasteiger partial charge on any atom is -0.312 e. The number of rotatable bonds is 4. The lowest BCUT2D eigenvalue weighted by Crippen LogP contribution is -2.32. The van der Waals surface area contributed by atoms with E-state index in [1.165, 1.54) is 0 Å². The first kappa shape index (κ1) is 13.3. The zero-order chi connectivity index (χ0) is 13.1. The van der Waals surface area contributed by atoms with E-state index in [2.05, 4.69) is 31.2 Å². The molecule has 0 aromatic carbocycles. The van der Waals surface area contributed by atoms with Gasteiger partial charge in [-0.1, -0.05) is 20.8 Å². The highest BCUT2D eigenvalue weighted by Gasteiger charge is 2.14. The monoisotopic (exact) mass is 249 g/mol. The predicted molar refractivity (Wildman–Crippen MR) is 72.5 cm³/mol. The molecule has 1 aliphatic rings. The van der Waals surface area contributed by atoms with Gasteiger partial charge in [-0.3, -0.25) is 4.79 Å². The Kier molecular flexibility index (Phi) is 4.17. The molecule has 2 rings (SSSR count). The molecular weight excluding hydrogens is 226 g/mol. The summed E-state index contributed by atoms with van der Waals surface area (Å²) in [5.41, 5.74) is 2.19. The van der Waals surface area contributed by atoms with Crippen LogP contribution in [0.1, 0.15) is 38.4 Å². The second-order valence-corrected chi connectivity index (χ2v) is 5.80. The van der Waals surface area contributed by atoms with E-state index >= 15 is 0 Å². The molecule has 1 aliphatic heterocycles. The summed E-state index contributed by atoms with van der Waals surface area (Å²) < 4.78 is 1.65. The molecule has 100 valence electrons. The molecule has 0 amide bonds. The first-order valence-corrected chi connectivity index (χ1v) is 6.87. The summed E-state index contributed by atoms with van der Waals surface area (Å²) in [7, 11) is 0. The molecule has 0 spiro atoms. The zero-order valence-corrected chi connectivity index (χ0v) is 11.6. The van der Waals surface area contributed by atoms with Crippen LogP contribution in [0.25, 0.3) is 0 Å². The highest BCUT2D eigenvalue weighted by molar-refractivity contribution is 5.20. The Bertz CT molecular complexity index is 465. The summed E-state index contributed by atoms with van der Waals surface area (Å²) in [5, 5.41) is 7.79. The molecule has 0 radical (unpaired) electrons. The first-order valence-electron chi connectivity index (χ1n) is 6.87. The van der Waals surface area contributed by atoms with Gasteiger partial charge in [0.1, 0.15) is 0 Å². The van der Waals surface area contributed by atoms with Crippen molar-refractivity contribution in [1.29, 1.82) is 0 Å². The van der Waals surface area contributed by atoms with Crippen molar-refractivity contribution in [2.24, 2.45) is 11.8 Å². The molecule has 0 saturated heterocycles. The minimum atomic E-state index is 0.0352. The van der Waals surface area contributed by atoms with Gasteiger partial charge in [0, 0.05) is 32.1 Å². The molecule has 0 bridgehead atoms. The molecule has 1 N–H and O–H groups in total. The standard InChI is InChI=1S/C14H23N3O/c1-10(2)6-11(3)9-17-14(18)7-12-8-15-5-4-13(12)16-17/h7,10-11,15H,4-6,8-9H2,1-3H3. The fourth-order valence-corrected chi connectivity index (χ4v) is 2.66. The van der Waals surface area contributed by atoms with Gasteiger partial charge >= 0.3 is 0 Å². The van der Waals surface area contributed by atoms with Gasteiger partial charge in [0.25, 0.3) is 5.56 Å². The molecule has 18 heavy (non-hydrogen) atoms. The lowest BCUT2D eigenvalue weighted by Gasteiger charge is -2.19. The lowest BCUT2D eigenvalue weighted by atomic mass is 9.99. The third-order valence-corrected chi connectivity index (χ3v) is 3.38. The summed E-state index contributed by atoms with van der Waals surface area (Å²) in [6.45, 7) is 9.09. The van der Waals surface area contributed by atoms with Gasteiger partial charge in [-0.05, 0) is 23.8 Å². The number of nitrogens with zero attached hydrogens (tertiary/aromatic N) is 2. The lowest BCUT2D eigenvalue weighted by molar-refractivity contribution is 0.361. The van der Waals surface area contributed by atoms with Crippen molar-refractivity contribution in [3.63, 3.8) is 0 Å². The van der Waals surface area contributed by atoms with Crippen LogP contribution in [0.15, 0.2) is 10.9 Å². The van der Waals surface area contributed by atoms with E-state index in [0.717, 1.165) is 43.7 Å². The second-order valence-electron chi connectivity index (χ2n) is 5.80. The highest BCUT2D eigenvalue weighted by Crippen LogP contribution is 2.13. The van der Waals surface area contributed by atoms with Crippen molar-refractivity contribution < 1.29 is 0 Å². The summed E-state index contributed by atoms with van der Waals surface area (Å²) in [6, 6.07) is 1.75. The van der Waals surface area contributed by atoms with Crippen LogP contribution in [-0.2, 0) is 19.5 Å². The maximum Gasteiger partial charge on any atom is 0.267 e. The van der Waals surface area contributed by atoms with Crippen LogP contribution in [0.4, 0.5) is 0 Å². The molecule has 4 nitrogen and oxygen atoms in total. The maximum absolute atomic E-state index is 12.0. The maximum atomic E-state index is 12.0. The summed E-state index contributed by atoms with van der Waals surface area (Å²) in [4.78, 5) is 12.0. The third kappa shape index (κ3) is 3.19. The van der Waals surface area contributed by atoms with Gasteiger partial charge < -0.3 is 5.32 Å². The summed E-state index contributed by atoms with van der Waals surface area (Å²) >= 11 is 0. The Morgan fingerprint density at radius 2 is 2.22 bits per heavy atom. The largest absolute Gasteiger partial charge is 0.312 e. The first-order chi connectivity index (χ1) is 8.56. The molecule has 1 unspecified atom stereocenters. The number of fused-ring (bicyclic) bond motifs is 1. The van der Waals surface area contributed by atoms with Gasteiger partial charge in [-0.25, -0.2) is 4.68 Å². The molecule has 0 fully saturated rings. The van der Waals surface area contributed by atoms with Gasteiger partial charge in [0.05, 0.1) is 5.69 Å². The van der Waals surface area contributed by atoms with Crippen molar-refractivity contribution in [2.75, 3.05) is 6.54 Å². The second kappa shape index (κ2) is 5.65. The Balaban J connectivity index is 2.15. The van der Waals surface area contributed by atoms with E-state index in [4.69, 9.17) is 0 Å². The normalized spacial score (nSPS) is 16.7. The van der Waals surface area contributed by atoms with Crippen LogP contribution in [0.3, 0.4) is 0 Å². The van der Waals surface area contributed by atoms with Crippen LogP contribution in [0.2, 0.25) is 0 Å². The van der Waals surface area contributed by atoms with E-state index in [9.17, 15) is 4.79 Å². The molecule has 4 heteroatoms. The van der Waals surface area contributed by atoms with E-state index in [1.54, 1.807) is 10.7 Å². The quantitative estimate of drug-likeness (QED) is 0.881. The van der Waals surface area contributed by atoms with Crippen LogP contribution in [0, 0.1) is 11.8 Å². The van der Waals surface area contributed by atoms with E-state index in [1.807, 2.05) is 0 Å². The van der Waals surface area contributed by atoms with Crippen LogP contribution in [0.5, 0.6) is 0 Å². The third-order valence-electron chi connectivity index (χ3n) is 3.38. The van der Waals surface area contributed by atoms with E-state index < -0.39 is 0 Å². The van der Waals surface area contributed by atoms with Gasteiger partial charge in [-0.15, -0.1) is 0 Å². The summed E-state index contributed by atoms with van der Waals surface area (Å²) in [5.74, 6) is 1.16. The molecule has 0 saturated carbocycles. The Hall–Kier alpha value is -1.16. The average Bonchev–Trinajstić information content (AvgIpc) is 2.29. The topological polar surface area (TPSA) is 46.9 Å². The Morgan fingerprint density at radius 3 is 2.94 bits per heavy atom. The van der Waals surface area contributed by atoms with Crippen LogP contribution in [-0.4, -0.2) is 16.3 Å². The van der Waals surface area contributed by atoms with Crippen LogP contribution >= 0.6 is 0 Å². The Morgan fingerprint density at radius 1 is 1.44 bits per heavy atom. The molecule has 0 aliphatic carbocycles. The van der Waals surface area contributed by atoms with Crippen molar-refractivity contribution >= 4 is 0 Å². The zero-order valence-electron chi connectivity index (χ0n) is 11.6. The molecular formula is C14H23N3O. The fraction of sp³-hybridized carbons (Fsp3) is 0.714. The number of aromatic nitrogens is 2. The molecule has 1 aromatic rings. The van der Waals surface area contributed by atoms with E-state index in [-0.39, 0.29) is 5.56 Å². The minimum absolute atomic E-state index is 0.0352. The van der Waals surface area contributed by atoms with Gasteiger partial charge in [-0.2, -0.15) is 5.10 Å². The summed E-state index contributed by atoms with van der Waals surface area (Å²) in [6.07, 6.45) is 2.06. The molecule has 2 heterocycles. The SMILES string of the molecule is CC(C)CC(C)Cn1nc2c(cc1=O)CNCC2. The molecule has 1 atom stereocenters. The highest BCUT2D eigenvalue weighted by atomic mass is 16.1. The van der Waals surface area contributed by atoms with Crippen molar-refractivity contribution in [3.8, 4) is 0 Å². The van der Waals surface area contributed by atoms with Gasteiger partial charge in [0.2, 0.25) is 0 Å². The van der Waals surface area contributed by atoms with Gasteiger partial charge in [0.15, 0.2) is 0 Å². The van der Waals surface area contributed by atoms with Crippen molar-refractivity contribution in [3.05, 3.63) is 27.7 Å².